The summed E-state index contributed by atoms with van der Waals surface area (Å²) in [5, 5.41) is 3.72. The summed E-state index contributed by atoms with van der Waals surface area (Å²) >= 11 is 18.6. The highest BCUT2D eigenvalue weighted by atomic mass is 35.5. The SMILES string of the molecule is CCCNC(=O)[C@H](CC)N(Cc1ccc(Cl)c(Cl)c1)C(=O)CN(c1cc(Cl)ccc1OC)S(=O)(=O)c1ccccc1. The van der Waals surface area contributed by atoms with Crippen molar-refractivity contribution in [3.8, 4) is 5.75 Å². The van der Waals surface area contributed by atoms with Gasteiger partial charge in [0, 0.05) is 18.1 Å². The molecule has 0 heterocycles. The van der Waals surface area contributed by atoms with Gasteiger partial charge >= 0.3 is 0 Å². The molecule has 1 atom stereocenters. The Balaban J connectivity index is 2.12. The number of nitrogens with zero attached hydrogens (tertiary/aromatic N) is 2. The smallest absolute Gasteiger partial charge is 0.264 e. The zero-order valence-electron chi connectivity index (χ0n) is 22.9. The zero-order chi connectivity index (χ0) is 30.2. The van der Waals surface area contributed by atoms with Gasteiger partial charge in [0.05, 0.1) is 27.7 Å². The van der Waals surface area contributed by atoms with E-state index in [1.165, 1.54) is 36.3 Å². The third-order valence-corrected chi connectivity index (χ3v) is 9.04. The second kappa shape index (κ2) is 14.8. The second-order valence-electron chi connectivity index (χ2n) is 9.13. The monoisotopic (exact) mass is 639 g/mol. The molecule has 3 rings (SSSR count). The van der Waals surface area contributed by atoms with E-state index >= 15 is 0 Å². The van der Waals surface area contributed by atoms with Crippen LogP contribution >= 0.6 is 34.8 Å². The molecule has 12 heteroatoms. The Morgan fingerprint density at radius 2 is 1.66 bits per heavy atom. The van der Waals surface area contributed by atoms with E-state index in [-0.39, 0.29) is 45.3 Å². The first-order valence-corrected chi connectivity index (χ1v) is 15.5. The summed E-state index contributed by atoms with van der Waals surface area (Å²) in [6.07, 6.45) is 0.995. The van der Waals surface area contributed by atoms with Crippen LogP contribution in [0.1, 0.15) is 32.3 Å². The van der Waals surface area contributed by atoms with Gasteiger partial charge < -0.3 is 15.0 Å². The zero-order valence-corrected chi connectivity index (χ0v) is 26.0. The molecule has 0 spiro atoms. The molecular formula is C29H32Cl3N3O5S. The Morgan fingerprint density at radius 3 is 2.27 bits per heavy atom. The number of methoxy groups -OCH3 is 1. The molecule has 0 fully saturated rings. The molecule has 0 radical (unpaired) electrons. The van der Waals surface area contributed by atoms with Crippen molar-refractivity contribution in [2.45, 2.75) is 44.2 Å². The van der Waals surface area contributed by atoms with Crippen LogP contribution in [0.3, 0.4) is 0 Å². The van der Waals surface area contributed by atoms with Crippen LogP contribution in [-0.2, 0) is 26.2 Å². The summed E-state index contributed by atoms with van der Waals surface area (Å²) in [6.45, 7) is 3.49. The minimum Gasteiger partial charge on any atom is -0.495 e. The maximum Gasteiger partial charge on any atom is 0.264 e. The lowest BCUT2D eigenvalue weighted by Crippen LogP contribution is -2.52. The number of benzene rings is 3. The normalized spacial score (nSPS) is 12.0. The molecule has 0 saturated heterocycles. The van der Waals surface area contributed by atoms with Crippen molar-refractivity contribution in [2.75, 3.05) is 24.5 Å². The molecule has 1 N–H and O–H groups in total. The molecule has 0 aliphatic rings. The molecule has 0 aliphatic carbocycles. The van der Waals surface area contributed by atoms with E-state index in [0.29, 0.717) is 23.6 Å². The first-order valence-electron chi connectivity index (χ1n) is 13.0. The lowest BCUT2D eigenvalue weighted by atomic mass is 10.1. The summed E-state index contributed by atoms with van der Waals surface area (Å²) in [4.78, 5) is 28.6. The van der Waals surface area contributed by atoms with Crippen LogP contribution in [0.2, 0.25) is 15.1 Å². The molecule has 3 aromatic carbocycles. The van der Waals surface area contributed by atoms with E-state index < -0.39 is 28.5 Å². The fourth-order valence-electron chi connectivity index (χ4n) is 4.21. The second-order valence-corrected chi connectivity index (χ2v) is 12.2. The summed E-state index contributed by atoms with van der Waals surface area (Å²) in [5.41, 5.74) is 0.697. The van der Waals surface area contributed by atoms with E-state index in [4.69, 9.17) is 39.5 Å². The quantitative estimate of drug-likeness (QED) is 0.241. The van der Waals surface area contributed by atoms with Crippen molar-refractivity contribution in [1.29, 1.82) is 0 Å². The number of halogens is 3. The third kappa shape index (κ3) is 8.07. The number of amides is 2. The lowest BCUT2D eigenvalue weighted by molar-refractivity contribution is -0.140. The van der Waals surface area contributed by atoms with E-state index in [9.17, 15) is 18.0 Å². The lowest BCUT2D eigenvalue weighted by Gasteiger charge is -2.33. The largest absolute Gasteiger partial charge is 0.495 e. The predicted molar refractivity (Wildman–Crippen MR) is 163 cm³/mol. The minimum absolute atomic E-state index is 0.0142. The van der Waals surface area contributed by atoms with Crippen molar-refractivity contribution in [2.24, 2.45) is 0 Å². The summed E-state index contributed by atoms with van der Waals surface area (Å²) in [5.74, 6) is -0.762. The van der Waals surface area contributed by atoms with Crippen LogP contribution in [0.4, 0.5) is 5.69 Å². The molecule has 0 saturated carbocycles. The Morgan fingerprint density at radius 1 is 0.951 bits per heavy atom. The summed E-state index contributed by atoms with van der Waals surface area (Å²) in [6, 6.07) is 16.3. The third-order valence-electron chi connectivity index (χ3n) is 6.29. The fraction of sp³-hybridized carbons (Fsp3) is 0.310. The Hall–Kier alpha value is -2.98. The highest BCUT2D eigenvalue weighted by molar-refractivity contribution is 7.92. The van der Waals surface area contributed by atoms with Gasteiger partial charge in [0.15, 0.2) is 0 Å². The van der Waals surface area contributed by atoms with Crippen LogP contribution in [0.25, 0.3) is 0 Å². The summed E-state index contributed by atoms with van der Waals surface area (Å²) < 4.78 is 34.3. The number of nitrogens with one attached hydrogen (secondary N) is 1. The fourth-order valence-corrected chi connectivity index (χ4v) is 6.14. The van der Waals surface area contributed by atoms with Crippen LogP contribution < -0.4 is 14.4 Å². The number of ether oxygens (including phenoxy) is 1. The first kappa shape index (κ1) is 32.5. The van der Waals surface area contributed by atoms with Crippen molar-refractivity contribution in [3.63, 3.8) is 0 Å². The molecule has 2 amide bonds. The number of anilines is 1. The van der Waals surface area contributed by atoms with Gasteiger partial charge in [-0.2, -0.15) is 0 Å². The Kier molecular flexibility index (Phi) is 11.7. The average molecular weight is 641 g/mol. The van der Waals surface area contributed by atoms with Crippen LogP contribution in [0, 0.1) is 0 Å². The van der Waals surface area contributed by atoms with Crippen molar-refractivity contribution < 1.29 is 22.7 Å². The minimum atomic E-state index is -4.28. The Labute approximate surface area is 256 Å². The molecule has 0 bridgehead atoms. The first-order chi connectivity index (χ1) is 19.5. The van der Waals surface area contributed by atoms with Crippen molar-refractivity contribution in [3.05, 3.63) is 87.4 Å². The van der Waals surface area contributed by atoms with Gasteiger partial charge in [0.1, 0.15) is 18.3 Å². The van der Waals surface area contributed by atoms with Crippen molar-refractivity contribution >= 4 is 62.3 Å². The average Bonchev–Trinajstić information content (AvgIpc) is 2.96. The number of carbonyl (C=O) groups is 2. The number of hydrogen-bond acceptors (Lipinski definition) is 5. The van der Waals surface area contributed by atoms with E-state index in [1.807, 2.05) is 6.92 Å². The molecule has 0 aromatic heterocycles. The maximum atomic E-state index is 14.1. The number of carbonyl (C=O) groups excluding carboxylic acids is 2. The molecule has 0 unspecified atom stereocenters. The standard InChI is InChI=1S/C29H32Cl3N3O5S/c1-4-15-33-29(37)25(5-2)34(18-20-11-13-23(31)24(32)16-20)28(36)19-35(26-17-21(30)12-14-27(26)40-3)41(38,39)22-9-7-6-8-10-22/h6-14,16-17,25H,4-5,15,18-19H2,1-3H3,(H,33,37)/t25-/m0/s1. The number of rotatable bonds is 13. The van der Waals surface area contributed by atoms with Gasteiger partial charge in [-0.3, -0.25) is 13.9 Å². The molecule has 220 valence electrons. The topological polar surface area (TPSA) is 96.0 Å². The van der Waals surface area contributed by atoms with Gasteiger partial charge in [-0.1, -0.05) is 72.9 Å². The van der Waals surface area contributed by atoms with Gasteiger partial charge in [-0.05, 0) is 60.9 Å². The number of sulfonamides is 1. The Bertz CT molecular complexity index is 1470. The van der Waals surface area contributed by atoms with Crippen LogP contribution in [0.15, 0.2) is 71.6 Å². The molecule has 41 heavy (non-hydrogen) atoms. The van der Waals surface area contributed by atoms with E-state index in [1.54, 1.807) is 49.4 Å². The van der Waals surface area contributed by atoms with Crippen molar-refractivity contribution in [1.82, 2.24) is 10.2 Å². The molecular weight excluding hydrogens is 609 g/mol. The number of hydrogen-bond donors (Lipinski definition) is 1. The molecule has 0 aliphatic heterocycles. The van der Waals surface area contributed by atoms with Gasteiger partial charge in [-0.25, -0.2) is 8.42 Å². The van der Waals surface area contributed by atoms with Crippen LogP contribution in [0.5, 0.6) is 5.75 Å². The predicted octanol–water partition coefficient (Wildman–Crippen LogP) is 6.18. The molecule has 8 nitrogen and oxygen atoms in total. The maximum absolute atomic E-state index is 14.1. The van der Waals surface area contributed by atoms with Crippen LogP contribution in [-0.4, -0.2) is 51.4 Å². The van der Waals surface area contributed by atoms with Gasteiger partial charge in [-0.15, -0.1) is 0 Å². The highest BCUT2D eigenvalue weighted by Crippen LogP contribution is 2.35. The highest BCUT2D eigenvalue weighted by Gasteiger charge is 2.34. The van der Waals surface area contributed by atoms with Gasteiger partial charge in [0.2, 0.25) is 11.8 Å². The summed E-state index contributed by atoms with van der Waals surface area (Å²) in [7, 11) is -2.88. The molecule has 3 aromatic rings. The van der Waals surface area contributed by atoms with Gasteiger partial charge in [0.25, 0.3) is 10.0 Å². The van der Waals surface area contributed by atoms with E-state index in [2.05, 4.69) is 5.32 Å². The van der Waals surface area contributed by atoms with E-state index in [0.717, 1.165) is 4.31 Å².